The molecule has 0 amide bonds. The Hall–Kier alpha value is -1.78. The van der Waals surface area contributed by atoms with Crippen LogP contribution in [0.3, 0.4) is 0 Å². The summed E-state index contributed by atoms with van der Waals surface area (Å²) >= 11 is 7.71. The number of hydrogen-bond donors (Lipinski definition) is 1. The van der Waals surface area contributed by atoms with Crippen molar-refractivity contribution in [3.63, 3.8) is 0 Å². The standard InChI is InChI=1S/C14H11ClN2OS/c15-12-4-2-1-3-11(12)13-6-5-10(18-13)9-17-14-16-7-8-19-14/h1-8H,9H2,(H,16,17). The summed E-state index contributed by atoms with van der Waals surface area (Å²) in [5.74, 6) is 1.63. The molecule has 0 bridgehead atoms. The summed E-state index contributed by atoms with van der Waals surface area (Å²) in [5.41, 5.74) is 0.907. The van der Waals surface area contributed by atoms with E-state index in [9.17, 15) is 0 Å². The molecular weight excluding hydrogens is 280 g/mol. The number of nitrogens with zero attached hydrogens (tertiary/aromatic N) is 1. The lowest BCUT2D eigenvalue weighted by Gasteiger charge is -2.01. The molecule has 0 spiro atoms. The van der Waals surface area contributed by atoms with Crippen LogP contribution in [0.15, 0.2) is 52.4 Å². The van der Waals surface area contributed by atoms with Crippen molar-refractivity contribution in [2.45, 2.75) is 6.54 Å². The molecule has 0 atom stereocenters. The van der Waals surface area contributed by atoms with Gasteiger partial charge in [-0.2, -0.15) is 0 Å². The Balaban J connectivity index is 1.75. The van der Waals surface area contributed by atoms with E-state index in [1.807, 2.05) is 41.8 Å². The molecule has 0 radical (unpaired) electrons. The van der Waals surface area contributed by atoms with E-state index in [-0.39, 0.29) is 0 Å². The summed E-state index contributed by atoms with van der Waals surface area (Å²) in [4.78, 5) is 4.16. The summed E-state index contributed by atoms with van der Waals surface area (Å²) in [7, 11) is 0. The Morgan fingerprint density at radius 3 is 2.89 bits per heavy atom. The van der Waals surface area contributed by atoms with E-state index >= 15 is 0 Å². The predicted molar refractivity (Wildman–Crippen MR) is 78.6 cm³/mol. The fraction of sp³-hybridized carbons (Fsp3) is 0.0714. The maximum Gasteiger partial charge on any atom is 0.182 e. The topological polar surface area (TPSA) is 38.1 Å². The highest BCUT2D eigenvalue weighted by atomic mass is 35.5. The smallest absolute Gasteiger partial charge is 0.182 e. The number of aromatic nitrogens is 1. The highest BCUT2D eigenvalue weighted by Gasteiger charge is 2.08. The minimum absolute atomic E-state index is 0.609. The van der Waals surface area contributed by atoms with Crippen LogP contribution in [0.2, 0.25) is 5.02 Å². The van der Waals surface area contributed by atoms with Gasteiger partial charge in [0.05, 0.1) is 11.6 Å². The van der Waals surface area contributed by atoms with Crippen molar-refractivity contribution in [1.82, 2.24) is 4.98 Å². The molecule has 0 aliphatic carbocycles. The van der Waals surface area contributed by atoms with Gasteiger partial charge in [0.15, 0.2) is 5.13 Å². The van der Waals surface area contributed by atoms with Gasteiger partial charge < -0.3 is 9.73 Å². The van der Waals surface area contributed by atoms with Crippen molar-refractivity contribution in [2.75, 3.05) is 5.32 Å². The predicted octanol–water partition coefficient (Wildman–Crippen LogP) is 4.67. The summed E-state index contributed by atoms with van der Waals surface area (Å²) in [6.45, 7) is 0.609. The van der Waals surface area contributed by atoms with Gasteiger partial charge in [0, 0.05) is 17.1 Å². The Labute approximate surface area is 119 Å². The Bertz CT molecular complexity index is 664. The molecule has 96 valence electrons. The number of furan rings is 1. The maximum absolute atomic E-state index is 6.14. The molecule has 3 rings (SSSR count). The Kier molecular flexibility index (Phi) is 3.53. The van der Waals surface area contributed by atoms with Gasteiger partial charge in [0.2, 0.25) is 0 Å². The van der Waals surface area contributed by atoms with Gasteiger partial charge in [-0.25, -0.2) is 4.98 Å². The average Bonchev–Trinajstić information content (AvgIpc) is 3.08. The zero-order chi connectivity index (χ0) is 13.1. The molecule has 2 aromatic heterocycles. The molecule has 3 aromatic rings. The zero-order valence-electron chi connectivity index (χ0n) is 9.97. The van der Waals surface area contributed by atoms with E-state index in [4.69, 9.17) is 16.0 Å². The Morgan fingerprint density at radius 1 is 1.21 bits per heavy atom. The van der Waals surface area contributed by atoms with Gasteiger partial charge >= 0.3 is 0 Å². The van der Waals surface area contributed by atoms with Crippen molar-refractivity contribution < 1.29 is 4.42 Å². The van der Waals surface area contributed by atoms with Crippen molar-refractivity contribution in [3.05, 3.63) is 58.8 Å². The third-order valence-electron chi connectivity index (χ3n) is 2.65. The van der Waals surface area contributed by atoms with E-state index in [1.165, 1.54) is 0 Å². The van der Waals surface area contributed by atoms with Gasteiger partial charge in [-0.15, -0.1) is 11.3 Å². The number of nitrogens with one attached hydrogen (secondary N) is 1. The summed E-state index contributed by atoms with van der Waals surface area (Å²) in [5, 5.41) is 6.71. The molecule has 0 saturated carbocycles. The number of benzene rings is 1. The zero-order valence-corrected chi connectivity index (χ0v) is 11.5. The van der Waals surface area contributed by atoms with Crippen LogP contribution in [0.5, 0.6) is 0 Å². The second kappa shape index (κ2) is 5.47. The minimum atomic E-state index is 0.609. The van der Waals surface area contributed by atoms with Crippen molar-refractivity contribution >= 4 is 28.1 Å². The lowest BCUT2D eigenvalue weighted by atomic mass is 10.2. The van der Waals surface area contributed by atoms with E-state index in [0.29, 0.717) is 11.6 Å². The number of rotatable bonds is 4. The molecule has 0 unspecified atom stereocenters. The summed E-state index contributed by atoms with van der Waals surface area (Å²) in [6.07, 6.45) is 1.77. The number of thiazole rings is 1. The summed E-state index contributed by atoms with van der Waals surface area (Å²) < 4.78 is 5.78. The van der Waals surface area contributed by atoms with Gasteiger partial charge in [0.1, 0.15) is 11.5 Å². The molecular formula is C14H11ClN2OS. The number of halogens is 1. The monoisotopic (exact) mass is 290 g/mol. The molecule has 5 heteroatoms. The van der Waals surface area contributed by atoms with Crippen LogP contribution in [0.4, 0.5) is 5.13 Å². The minimum Gasteiger partial charge on any atom is -0.459 e. The van der Waals surface area contributed by atoms with Crippen molar-refractivity contribution in [1.29, 1.82) is 0 Å². The van der Waals surface area contributed by atoms with Gasteiger partial charge in [0.25, 0.3) is 0 Å². The number of hydrogen-bond acceptors (Lipinski definition) is 4. The van der Waals surface area contributed by atoms with Crippen LogP contribution in [0.25, 0.3) is 11.3 Å². The van der Waals surface area contributed by atoms with Crippen molar-refractivity contribution in [2.24, 2.45) is 0 Å². The van der Waals surface area contributed by atoms with Gasteiger partial charge in [-0.1, -0.05) is 23.7 Å². The molecule has 2 heterocycles. The molecule has 0 fully saturated rings. The summed E-state index contributed by atoms with van der Waals surface area (Å²) in [6, 6.07) is 11.5. The highest BCUT2D eigenvalue weighted by Crippen LogP contribution is 2.29. The molecule has 1 N–H and O–H groups in total. The largest absolute Gasteiger partial charge is 0.459 e. The van der Waals surface area contributed by atoms with E-state index < -0.39 is 0 Å². The third kappa shape index (κ3) is 2.80. The molecule has 19 heavy (non-hydrogen) atoms. The lowest BCUT2D eigenvalue weighted by molar-refractivity contribution is 0.531. The van der Waals surface area contributed by atoms with Gasteiger partial charge in [-0.3, -0.25) is 0 Å². The van der Waals surface area contributed by atoms with Crippen LogP contribution in [-0.2, 0) is 6.54 Å². The highest BCUT2D eigenvalue weighted by molar-refractivity contribution is 7.13. The first kappa shape index (κ1) is 12.3. The van der Waals surface area contributed by atoms with E-state index in [1.54, 1.807) is 17.5 Å². The van der Waals surface area contributed by atoms with Crippen LogP contribution in [0.1, 0.15) is 5.76 Å². The molecule has 0 aliphatic heterocycles. The molecule has 1 aromatic carbocycles. The Morgan fingerprint density at radius 2 is 2.11 bits per heavy atom. The molecule has 0 saturated heterocycles. The fourth-order valence-electron chi connectivity index (χ4n) is 1.75. The second-order valence-corrected chi connectivity index (χ2v) is 5.24. The van der Waals surface area contributed by atoms with Gasteiger partial charge in [-0.05, 0) is 24.3 Å². The fourth-order valence-corrected chi connectivity index (χ4v) is 2.51. The van der Waals surface area contributed by atoms with Crippen molar-refractivity contribution in [3.8, 4) is 11.3 Å². The SMILES string of the molecule is Clc1ccccc1-c1ccc(CNc2nccs2)o1. The number of anilines is 1. The third-order valence-corrected chi connectivity index (χ3v) is 3.71. The van der Waals surface area contributed by atoms with Crippen LogP contribution >= 0.6 is 22.9 Å². The normalized spacial score (nSPS) is 10.6. The molecule has 3 nitrogen and oxygen atoms in total. The molecule has 0 aliphatic rings. The second-order valence-electron chi connectivity index (χ2n) is 3.94. The first-order valence-electron chi connectivity index (χ1n) is 5.80. The van der Waals surface area contributed by atoms with E-state index in [0.717, 1.165) is 22.2 Å². The van der Waals surface area contributed by atoms with E-state index in [2.05, 4.69) is 10.3 Å². The van der Waals surface area contributed by atoms with Crippen LogP contribution in [-0.4, -0.2) is 4.98 Å². The average molecular weight is 291 g/mol. The lowest BCUT2D eigenvalue weighted by Crippen LogP contribution is -1.96. The van der Waals surface area contributed by atoms with Crippen LogP contribution < -0.4 is 5.32 Å². The van der Waals surface area contributed by atoms with Crippen LogP contribution in [0, 0.1) is 0 Å². The quantitative estimate of drug-likeness (QED) is 0.759. The first-order chi connectivity index (χ1) is 9.33. The first-order valence-corrected chi connectivity index (χ1v) is 7.05. The maximum atomic E-state index is 6.14.